The first-order valence-corrected chi connectivity index (χ1v) is 6.77. The van der Waals surface area contributed by atoms with E-state index in [1.165, 1.54) is 0 Å². The fraction of sp³-hybridized carbons (Fsp3) is 0.857. The molecule has 0 N–H and O–H groups in total. The molecule has 1 atom stereocenters. The zero-order valence-corrected chi connectivity index (χ0v) is 11.7. The predicted octanol–water partition coefficient (Wildman–Crippen LogP) is 3.33. The number of nitrogens with zero attached hydrogens (tertiary/aromatic N) is 2. The number of hydrogen-bond acceptors (Lipinski definition) is 3. The van der Waals surface area contributed by atoms with Crippen LogP contribution in [0.2, 0.25) is 0 Å². The van der Waals surface area contributed by atoms with Gasteiger partial charge in [-0.25, -0.2) is 4.79 Å². The van der Waals surface area contributed by atoms with Crippen LogP contribution in [0.3, 0.4) is 0 Å². The van der Waals surface area contributed by atoms with Gasteiger partial charge in [-0.1, -0.05) is 0 Å². The summed E-state index contributed by atoms with van der Waals surface area (Å²) in [6, 6.07) is 2.20. The average Bonchev–Trinajstić information content (AvgIpc) is 2.49. The largest absolute Gasteiger partial charge is 0.444 e. The van der Waals surface area contributed by atoms with Crippen LogP contribution >= 0.6 is 0 Å². The number of amides is 1. The van der Waals surface area contributed by atoms with Gasteiger partial charge in [0.05, 0.1) is 6.07 Å². The standard InChI is InChI=1S/C14H24N2O2/c1-14(2,3)18-13(17)16-10-5-7-12(8-11-16)6-4-9-15/h12H,4-8,10-11H2,1-3H3. The SMILES string of the molecule is CC(C)(C)OC(=O)N1CCCC(CCC#N)CC1. The minimum absolute atomic E-state index is 0.205. The Morgan fingerprint density at radius 2 is 2.11 bits per heavy atom. The van der Waals surface area contributed by atoms with E-state index in [-0.39, 0.29) is 6.09 Å². The molecule has 0 aromatic heterocycles. The normalized spacial score (nSPS) is 21.0. The van der Waals surface area contributed by atoms with Crippen LogP contribution < -0.4 is 0 Å². The maximum atomic E-state index is 11.9. The second-order valence-corrected chi connectivity index (χ2v) is 5.96. The van der Waals surface area contributed by atoms with Gasteiger partial charge in [0.1, 0.15) is 5.60 Å². The first kappa shape index (κ1) is 14.8. The maximum absolute atomic E-state index is 11.9. The van der Waals surface area contributed by atoms with Gasteiger partial charge in [-0.3, -0.25) is 0 Å². The summed E-state index contributed by atoms with van der Waals surface area (Å²) in [6.07, 6.45) is 4.48. The summed E-state index contributed by atoms with van der Waals surface area (Å²) in [5, 5.41) is 8.60. The average molecular weight is 252 g/mol. The molecule has 0 aliphatic carbocycles. The first-order valence-electron chi connectivity index (χ1n) is 6.77. The molecule has 1 aliphatic rings. The van der Waals surface area contributed by atoms with Crippen molar-refractivity contribution in [3.63, 3.8) is 0 Å². The Bertz CT molecular complexity index is 315. The van der Waals surface area contributed by atoms with Crippen LogP contribution in [0.15, 0.2) is 0 Å². The van der Waals surface area contributed by atoms with Crippen molar-refractivity contribution in [2.45, 2.75) is 58.5 Å². The monoisotopic (exact) mass is 252 g/mol. The maximum Gasteiger partial charge on any atom is 0.410 e. The van der Waals surface area contributed by atoms with Crippen LogP contribution in [-0.2, 0) is 4.74 Å². The summed E-state index contributed by atoms with van der Waals surface area (Å²) in [6.45, 7) is 7.19. The first-order chi connectivity index (χ1) is 8.42. The number of ether oxygens (including phenoxy) is 1. The van der Waals surface area contributed by atoms with Gasteiger partial charge in [0.25, 0.3) is 0 Å². The molecule has 1 rings (SSSR count). The zero-order valence-electron chi connectivity index (χ0n) is 11.7. The van der Waals surface area contributed by atoms with Crippen molar-refractivity contribution >= 4 is 6.09 Å². The van der Waals surface area contributed by atoms with E-state index < -0.39 is 5.60 Å². The molecule has 0 bridgehead atoms. The van der Waals surface area contributed by atoms with E-state index in [0.717, 1.165) is 38.8 Å². The number of nitriles is 1. The molecule has 1 aliphatic heterocycles. The quantitative estimate of drug-likeness (QED) is 0.757. The lowest BCUT2D eigenvalue weighted by molar-refractivity contribution is 0.0255. The Morgan fingerprint density at radius 1 is 1.39 bits per heavy atom. The third-order valence-electron chi connectivity index (χ3n) is 3.16. The second kappa shape index (κ2) is 6.63. The van der Waals surface area contributed by atoms with Crippen LogP contribution in [0.1, 0.15) is 52.9 Å². The van der Waals surface area contributed by atoms with Crippen LogP contribution in [0, 0.1) is 17.2 Å². The summed E-state index contributed by atoms with van der Waals surface area (Å²) in [7, 11) is 0. The van der Waals surface area contributed by atoms with Gasteiger partial charge in [0.2, 0.25) is 0 Å². The molecular formula is C14H24N2O2. The van der Waals surface area contributed by atoms with Gasteiger partial charge < -0.3 is 9.64 Å². The molecule has 18 heavy (non-hydrogen) atoms. The molecule has 102 valence electrons. The van der Waals surface area contributed by atoms with Gasteiger partial charge in [-0.15, -0.1) is 0 Å². The fourth-order valence-corrected chi connectivity index (χ4v) is 2.23. The minimum Gasteiger partial charge on any atom is -0.444 e. The van der Waals surface area contributed by atoms with Crippen molar-refractivity contribution in [3.8, 4) is 6.07 Å². The molecule has 4 heteroatoms. The van der Waals surface area contributed by atoms with E-state index in [1.807, 2.05) is 20.8 Å². The van der Waals surface area contributed by atoms with Gasteiger partial charge >= 0.3 is 6.09 Å². The Kier molecular flexibility index (Phi) is 5.46. The lowest BCUT2D eigenvalue weighted by Crippen LogP contribution is -2.37. The van der Waals surface area contributed by atoms with E-state index >= 15 is 0 Å². The van der Waals surface area contributed by atoms with Crippen LogP contribution in [0.25, 0.3) is 0 Å². The number of carbonyl (C=O) groups excluding carboxylic acids is 1. The summed E-state index contributed by atoms with van der Waals surface area (Å²) in [5.41, 5.74) is -0.427. The summed E-state index contributed by atoms with van der Waals surface area (Å²) in [5.74, 6) is 0.581. The van der Waals surface area contributed by atoms with E-state index in [4.69, 9.17) is 10.00 Å². The number of rotatable bonds is 2. The highest BCUT2D eigenvalue weighted by Crippen LogP contribution is 2.23. The molecule has 1 saturated heterocycles. The van der Waals surface area contributed by atoms with E-state index in [1.54, 1.807) is 4.90 Å². The molecule has 0 saturated carbocycles. The number of carbonyl (C=O) groups is 1. The molecule has 4 nitrogen and oxygen atoms in total. The molecule has 0 radical (unpaired) electrons. The van der Waals surface area contributed by atoms with Crippen molar-refractivity contribution in [1.82, 2.24) is 4.90 Å². The molecule has 1 heterocycles. The Labute approximate surface area is 110 Å². The minimum atomic E-state index is -0.427. The molecule has 0 aromatic rings. The third kappa shape index (κ3) is 5.39. The van der Waals surface area contributed by atoms with Crippen molar-refractivity contribution in [2.24, 2.45) is 5.92 Å². The number of likely N-dealkylation sites (tertiary alicyclic amines) is 1. The van der Waals surface area contributed by atoms with Gasteiger partial charge in [0.15, 0.2) is 0 Å². The van der Waals surface area contributed by atoms with Crippen LogP contribution in [-0.4, -0.2) is 29.7 Å². The van der Waals surface area contributed by atoms with Gasteiger partial charge in [0, 0.05) is 19.5 Å². The molecule has 1 unspecified atom stereocenters. The van der Waals surface area contributed by atoms with Crippen molar-refractivity contribution in [1.29, 1.82) is 5.26 Å². The predicted molar refractivity (Wildman–Crippen MR) is 70.0 cm³/mol. The lowest BCUT2D eigenvalue weighted by atomic mass is 9.96. The molecule has 0 spiro atoms. The van der Waals surface area contributed by atoms with E-state index in [0.29, 0.717) is 12.3 Å². The zero-order chi connectivity index (χ0) is 13.6. The van der Waals surface area contributed by atoms with E-state index in [2.05, 4.69) is 6.07 Å². The third-order valence-corrected chi connectivity index (χ3v) is 3.16. The smallest absolute Gasteiger partial charge is 0.410 e. The topological polar surface area (TPSA) is 53.3 Å². The fourth-order valence-electron chi connectivity index (χ4n) is 2.23. The summed E-state index contributed by atoms with van der Waals surface area (Å²) >= 11 is 0. The Hall–Kier alpha value is -1.24. The molecule has 0 aromatic carbocycles. The van der Waals surface area contributed by atoms with Crippen molar-refractivity contribution in [2.75, 3.05) is 13.1 Å². The van der Waals surface area contributed by atoms with Crippen molar-refractivity contribution < 1.29 is 9.53 Å². The molecule has 1 fully saturated rings. The summed E-state index contributed by atoms with van der Waals surface area (Å²) < 4.78 is 5.38. The number of hydrogen-bond donors (Lipinski definition) is 0. The molecular weight excluding hydrogens is 228 g/mol. The second-order valence-electron chi connectivity index (χ2n) is 5.96. The van der Waals surface area contributed by atoms with Crippen molar-refractivity contribution in [3.05, 3.63) is 0 Å². The van der Waals surface area contributed by atoms with Gasteiger partial charge in [-0.05, 0) is 52.4 Å². The van der Waals surface area contributed by atoms with E-state index in [9.17, 15) is 4.79 Å². The summed E-state index contributed by atoms with van der Waals surface area (Å²) in [4.78, 5) is 13.7. The Morgan fingerprint density at radius 3 is 2.72 bits per heavy atom. The van der Waals surface area contributed by atoms with Crippen LogP contribution in [0.5, 0.6) is 0 Å². The highest BCUT2D eigenvalue weighted by molar-refractivity contribution is 5.68. The Balaban J connectivity index is 2.42. The van der Waals surface area contributed by atoms with Crippen LogP contribution in [0.4, 0.5) is 4.79 Å². The lowest BCUT2D eigenvalue weighted by Gasteiger charge is -2.26. The molecule has 1 amide bonds. The highest BCUT2D eigenvalue weighted by Gasteiger charge is 2.24. The highest BCUT2D eigenvalue weighted by atomic mass is 16.6. The van der Waals surface area contributed by atoms with Gasteiger partial charge in [-0.2, -0.15) is 5.26 Å².